The van der Waals surface area contributed by atoms with E-state index in [1.165, 1.54) is 19.4 Å². The van der Waals surface area contributed by atoms with Crippen molar-refractivity contribution in [1.82, 2.24) is 0 Å². The van der Waals surface area contributed by atoms with Crippen LogP contribution >= 0.6 is 0 Å². The third-order valence-corrected chi connectivity index (χ3v) is 3.38. The minimum Gasteiger partial charge on any atom is -0.478 e. The van der Waals surface area contributed by atoms with E-state index in [0.29, 0.717) is 12.8 Å². The molecule has 0 radical (unpaired) electrons. The van der Waals surface area contributed by atoms with Crippen LogP contribution in [0.25, 0.3) is 0 Å². The fraction of sp³-hybridized carbons (Fsp3) is 0.583. The van der Waals surface area contributed by atoms with Gasteiger partial charge < -0.3 is 19.4 Å². The molecule has 1 aromatic heterocycles. The zero-order chi connectivity index (χ0) is 12.5. The van der Waals surface area contributed by atoms with Gasteiger partial charge in [-0.1, -0.05) is 6.42 Å². The summed E-state index contributed by atoms with van der Waals surface area (Å²) in [5, 5.41) is 19.7. The van der Waals surface area contributed by atoms with E-state index >= 15 is 0 Å². The van der Waals surface area contributed by atoms with Gasteiger partial charge in [-0.25, -0.2) is 4.79 Å². The molecule has 0 aromatic carbocycles. The fourth-order valence-corrected chi connectivity index (χ4v) is 2.51. The van der Waals surface area contributed by atoms with Crippen molar-refractivity contribution in [3.63, 3.8) is 0 Å². The summed E-state index contributed by atoms with van der Waals surface area (Å²) in [6, 6.07) is 1.36. The largest absolute Gasteiger partial charge is 0.478 e. The predicted molar refractivity (Wildman–Crippen MR) is 58.8 cm³/mol. The molecule has 5 nitrogen and oxygen atoms in total. The van der Waals surface area contributed by atoms with Crippen LogP contribution in [0.5, 0.6) is 0 Å². The topological polar surface area (TPSA) is 79.9 Å². The number of carbonyl (C=O) groups is 1. The molecule has 2 unspecified atom stereocenters. The molecule has 1 aromatic rings. The molecule has 1 fully saturated rings. The number of ether oxygens (including phenoxy) is 1. The second kappa shape index (κ2) is 4.50. The number of aliphatic hydroxyl groups is 1. The van der Waals surface area contributed by atoms with E-state index in [1.807, 2.05) is 0 Å². The smallest absolute Gasteiger partial charge is 0.339 e. The Balaban J connectivity index is 2.41. The molecule has 0 bridgehead atoms. The van der Waals surface area contributed by atoms with Crippen molar-refractivity contribution in [1.29, 1.82) is 0 Å². The Bertz CT molecular complexity index is 411. The van der Waals surface area contributed by atoms with Gasteiger partial charge in [0.2, 0.25) is 0 Å². The fourth-order valence-electron chi connectivity index (χ4n) is 2.51. The molecule has 1 aliphatic carbocycles. The van der Waals surface area contributed by atoms with Crippen LogP contribution in [-0.2, 0) is 10.3 Å². The van der Waals surface area contributed by atoms with E-state index in [9.17, 15) is 9.90 Å². The number of furan rings is 1. The first-order chi connectivity index (χ1) is 8.09. The summed E-state index contributed by atoms with van der Waals surface area (Å²) in [5.74, 6) is -0.987. The third kappa shape index (κ3) is 1.96. The van der Waals surface area contributed by atoms with Crippen molar-refractivity contribution >= 4 is 5.97 Å². The lowest BCUT2D eigenvalue weighted by Gasteiger charge is -2.37. The number of rotatable bonds is 3. The van der Waals surface area contributed by atoms with Crippen LogP contribution in [0.3, 0.4) is 0 Å². The van der Waals surface area contributed by atoms with Gasteiger partial charge in [-0.05, 0) is 25.3 Å². The number of hydrogen-bond acceptors (Lipinski definition) is 4. The molecule has 2 N–H and O–H groups in total. The maximum Gasteiger partial charge on any atom is 0.339 e. The van der Waals surface area contributed by atoms with Gasteiger partial charge in [-0.15, -0.1) is 0 Å². The normalized spacial score (nSPS) is 29.2. The Morgan fingerprint density at radius 1 is 1.59 bits per heavy atom. The summed E-state index contributed by atoms with van der Waals surface area (Å²) in [6.45, 7) is 0. The Morgan fingerprint density at radius 3 is 3.00 bits per heavy atom. The van der Waals surface area contributed by atoms with Crippen molar-refractivity contribution in [2.24, 2.45) is 0 Å². The Morgan fingerprint density at radius 2 is 2.35 bits per heavy atom. The molecule has 1 saturated carbocycles. The van der Waals surface area contributed by atoms with Crippen molar-refractivity contribution in [3.8, 4) is 0 Å². The van der Waals surface area contributed by atoms with Crippen LogP contribution in [0.4, 0.5) is 0 Å². The van der Waals surface area contributed by atoms with Crippen LogP contribution in [0.15, 0.2) is 16.7 Å². The van der Waals surface area contributed by atoms with Crippen LogP contribution in [0, 0.1) is 0 Å². The minimum atomic E-state index is -1.33. The molecule has 0 aliphatic heterocycles. The summed E-state index contributed by atoms with van der Waals surface area (Å²) in [4.78, 5) is 11.1. The molecule has 1 heterocycles. The first-order valence-corrected chi connectivity index (χ1v) is 5.66. The average molecular weight is 240 g/mol. The van der Waals surface area contributed by atoms with Gasteiger partial charge >= 0.3 is 5.97 Å². The number of hydrogen-bond donors (Lipinski definition) is 2. The van der Waals surface area contributed by atoms with Crippen molar-refractivity contribution in [3.05, 3.63) is 23.7 Å². The Hall–Kier alpha value is -1.33. The quantitative estimate of drug-likeness (QED) is 0.841. The zero-order valence-electron chi connectivity index (χ0n) is 9.68. The molecular weight excluding hydrogens is 224 g/mol. The Kier molecular flexibility index (Phi) is 3.22. The molecule has 0 amide bonds. The van der Waals surface area contributed by atoms with E-state index in [0.717, 1.165) is 12.8 Å². The van der Waals surface area contributed by atoms with E-state index in [-0.39, 0.29) is 11.3 Å². The molecule has 94 valence electrons. The summed E-state index contributed by atoms with van der Waals surface area (Å²) < 4.78 is 10.5. The van der Waals surface area contributed by atoms with E-state index in [1.54, 1.807) is 0 Å². The van der Waals surface area contributed by atoms with Crippen LogP contribution in [0.2, 0.25) is 0 Å². The molecule has 17 heavy (non-hydrogen) atoms. The van der Waals surface area contributed by atoms with E-state index in [4.69, 9.17) is 14.3 Å². The van der Waals surface area contributed by atoms with Gasteiger partial charge in [0.1, 0.15) is 11.2 Å². The monoisotopic (exact) mass is 240 g/mol. The maximum atomic E-state index is 11.1. The highest BCUT2D eigenvalue weighted by molar-refractivity contribution is 5.89. The van der Waals surface area contributed by atoms with Crippen molar-refractivity contribution in [2.75, 3.05) is 7.11 Å². The van der Waals surface area contributed by atoms with E-state index in [2.05, 4.69) is 0 Å². The van der Waals surface area contributed by atoms with Crippen LogP contribution in [0.1, 0.15) is 41.8 Å². The highest BCUT2D eigenvalue weighted by Crippen LogP contribution is 2.40. The summed E-state index contributed by atoms with van der Waals surface area (Å²) in [7, 11) is 1.52. The maximum absolute atomic E-state index is 11.1. The first-order valence-electron chi connectivity index (χ1n) is 5.66. The number of methoxy groups -OCH3 is 1. The second-order valence-electron chi connectivity index (χ2n) is 4.36. The lowest BCUT2D eigenvalue weighted by Crippen LogP contribution is -2.43. The molecule has 2 rings (SSSR count). The molecule has 1 aliphatic rings. The summed E-state index contributed by atoms with van der Waals surface area (Å²) in [6.07, 6.45) is 3.82. The molecule has 0 saturated heterocycles. The highest BCUT2D eigenvalue weighted by atomic mass is 16.5. The van der Waals surface area contributed by atoms with Crippen molar-refractivity contribution in [2.45, 2.75) is 37.4 Å². The lowest BCUT2D eigenvalue weighted by molar-refractivity contribution is -0.133. The van der Waals surface area contributed by atoms with Gasteiger partial charge in [0, 0.05) is 7.11 Å². The molecule has 0 spiro atoms. The average Bonchev–Trinajstić information content (AvgIpc) is 2.79. The lowest BCUT2D eigenvalue weighted by atomic mass is 9.79. The molecule has 5 heteroatoms. The van der Waals surface area contributed by atoms with Gasteiger partial charge in [-0.2, -0.15) is 0 Å². The van der Waals surface area contributed by atoms with Gasteiger partial charge in [0.05, 0.1) is 12.4 Å². The Labute approximate surface area is 99.0 Å². The number of carboxylic acid groups (broad SMARTS) is 1. The van der Waals surface area contributed by atoms with Crippen LogP contribution in [-0.4, -0.2) is 29.4 Å². The SMILES string of the molecule is COC1CCCCC1(O)c1occc1C(=O)O. The standard InChI is InChI=1S/C12H16O5/c1-16-9-4-2-3-6-12(9,15)10-8(11(13)14)5-7-17-10/h5,7,9,15H,2-4,6H2,1H3,(H,13,14). The predicted octanol–water partition coefficient (Wildman–Crippen LogP) is 1.75. The van der Waals surface area contributed by atoms with Crippen LogP contribution < -0.4 is 0 Å². The third-order valence-electron chi connectivity index (χ3n) is 3.38. The molecular formula is C12H16O5. The second-order valence-corrected chi connectivity index (χ2v) is 4.36. The number of carboxylic acids is 1. The summed E-state index contributed by atoms with van der Waals surface area (Å²) >= 11 is 0. The minimum absolute atomic E-state index is 0.0106. The van der Waals surface area contributed by atoms with Crippen molar-refractivity contribution < 1.29 is 24.2 Å². The first kappa shape index (κ1) is 12.1. The number of aromatic carboxylic acids is 1. The van der Waals surface area contributed by atoms with E-state index < -0.39 is 17.7 Å². The summed E-state index contributed by atoms with van der Waals surface area (Å²) in [5.41, 5.74) is -1.32. The van der Waals surface area contributed by atoms with Gasteiger partial charge in [0.25, 0.3) is 0 Å². The molecule has 2 atom stereocenters. The zero-order valence-corrected chi connectivity index (χ0v) is 9.68. The van der Waals surface area contributed by atoms with Gasteiger partial charge in [-0.3, -0.25) is 0 Å². The highest BCUT2D eigenvalue weighted by Gasteiger charge is 2.45. The van der Waals surface area contributed by atoms with Gasteiger partial charge in [0.15, 0.2) is 5.76 Å².